The van der Waals surface area contributed by atoms with E-state index in [9.17, 15) is 13.2 Å². The van der Waals surface area contributed by atoms with Crippen LogP contribution >= 0.6 is 11.6 Å². The molecule has 1 saturated heterocycles. The SMILES string of the molecule is CCC[C@@H](C)[C@H]1CCC2C3CCC4CC(OC(=O)c5ccc(C6(Cl)ON6S(=O)(=O)c6ccccc6)cc5)CC[C@]4(C)C3CC[C@@]21C. The summed E-state index contributed by atoms with van der Waals surface area (Å²) in [5.41, 5.74) is 1.73. The normalized spacial score (nSPS) is 40.7. The molecular weight excluding hydrogens is 618 g/mol. The lowest BCUT2D eigenvalue weighted by molar-refractivity contribution is -0.130. The number of carbonyl (C=O) groups excluding carboxylic acids is 1. The van der Waals surface area contributed by atoms with Crippen LogP contribution < -0.4 is 0 Å². The van der Waals surface area contributed by atoms with Gasteiger partial charge in [0.15, 0.2) is 0 Å². The first-order valence-electron chi connectivity index (χ1n) is 17.7. The van der Waals surface area contributed by atoms with Gasteiger partial charge in [-0.1, -0.05) is 82.5 Å². The monoisotopic (exact) mass is 667 g/mol. The van der Waals surface area contributed by atoms with Gasteiger partial charge in [0, 0.05) is 5.56 Å². The second-order valence-electron chi connectivity index (χ2n) is 15.7. The maximum absolute atomic E-state index is 13.3. The van der Waals surface area contributed by atoms with Crippen molar-refractivity contribution in [2.45, 2.75) is 115 Å². The number of hydroxylamine groups is 1. The lowest BCUT2D eigenvalue weighted by atomic mass is 9.44. The molecule has 0 N–H and O–H groups in total. The molecule has 2 aromatic rings. The van der Waals surface area contributed by atoms with Crippen LogP contribution in [0, 0.1) is 46.3 Å². The molecule has 0 aromatic heterocycles. The standard InChI is InChI=1S/C38H50ClNO5S/c1-5-9-25(2)32-18-19-33-31-17-16-28-24-29(20-22-36(28,3)34(31)21-23-37(32,33)4)44-35(41)26-12-14-27(15-13-26)38(39)40(45-38)46(42,43)30-10-7-6-8-11-30/h6-8,10-15,25,28-29,31-34H,5,9,16-24H2,1-4H3/t25-,28?,29?,31?,32-,33?,34?,36+,37-,38?,40?/m1/s1. The van der Waals surface area contributed by atoms with Gasteiger partial charge < -0.3 is 4.74 Å². The van der Waals surface area contributed by atoms with E-state index in [1.54, 1.807) is 42.5 Å². The number of alkyl halides is 1. The number of hydrogen-bond donors (Lipinski definition) is 0. The maximum atomic E-state index is 13.3. The van der Waals surface area contributed by atoms with Crippen molar-refractivity contribution < 1.29 is 22.8 Å². The molecule has 46 heavy (non-hydrogen) atoms. The minimum atomic E-state index is -3.92. The summed E-state index contributed by atoms with van der Waals surface area (Å²) >= 11 is 6.56. The van der Waals surface area contributed by atoms with Gasteiger partial charge in [0.1, 0.15) is 6.10 Å². The first-order valence-corrected chi connectivity index (χ1v) is 19.5. The van der Waals surface area contributed by atoms with E-state index in [2.05, 4.69) is 27.7 Å². The van der Waals surface area contributed by atoms with E-state index in [0.717, 1.165) is 53.3 Å². The summed E-state index contributed by atoms with van der Waals surface area (Å²) in [6, 6.07) is 14.6. The Balaban J connectivity index is 0.969. The van der Waals surface area contributed by atoms with Crippen LogP contribution in [0.2, 0.25) is 0 Å². The molecule has 1 heterocycles. The Morgan fingerprint density at radius 2 is 1.65 bits per heavy atom. The zero-order valence-corrected chi connectivity index (χ0v) is 29.4. The van der Waals surface area contributed by atoms with Crippen molar-refractivity contribution >= 4 is 27.6 Å². The second kappa shape index (κ2) is 11.9. The number of hydrogen-bond acceptors (Lipinski definition) is 5. The van der Waals surface area contributed by atoms with Crippen LogP contribution in [-0.2, 0) is 24.8 Å². The van der Waals surface area contributed by atoms with Crippen LogP contribution in [0.3, 0.4) is 0 Å². The maximum Gasteiger partial charge on any atom is 0.338 e. The fraction of sp³-hybridized carbons (Fsp3) is 0.658. The quantitative estimate of drug-likeness (QED) is 0.121. The van der Waals surface area contributed by atoms with Crippen molar-refractivity contribution in [1.29, 1.82) is 0 Å². The smallest absolute Gasteiger partial charge is 0.338 e. The number of carbonyl (C=O) groups is 1. The molecule has 6 nitrogen and oxygen atoms in total. The molecule has 0 radical (unpaired) electrons. The van der Waals surface area contributed by atoms with Crippen molar-refractivity contribution in [3.05, 3.63) is 65.7 Å². The van der Waals surface area contributed by atoms with Crippen LogP contribution in [0.5, 0.6) is 0 Å². The predicted molar refractivity (Wildman–Crippen MR) is 179 cm³/mol. The highest BCUT2D eigenvalue weighted by Crippen LogP contribution is 2.68. The molecule has 7 unspecified atom stereocenters. The summed E-state index contributed by atoms with van der Waals surface area (Å²) in [6.07, 6.45) is 13.8. The van der Waals surface area contributed by atoms with Gasteiger partial charge in [0.25, 0.3) is 15.2 Å². The van der Waals surface area contributed by atoms with Gasteiger partial charge >= 0.3 is 5.97 Å². The Morgan fingerprint density at radius 1 is 0.957 bits per heavy atom. The molecule has 5 aliphatic rings. The Kier molecular flexibility index (Phi) is 8.43. The number of benzene rings is 2. The highest BCUT2D eigenvalue weighted by atomic mass is 35.5. The zero-order chi connectivity index (χ0) is 32.5. The molecule has 7 rings (SSSR count). The van der Waals surface area contributed by atoms with Crippen LogP contribution in [0.1, 0.15) is 114 Å². The fourth-order valence-electron chi connectivity index (χ4n) is 11.1. The van der Waals surface area contributed by atoms with Crippen LogP contribution in [0.15, 0.2) is 59.5 Å². The lowest BCUT2D eigenvalue weighted by Crippen LogP contribution is -2.54. The van der Waals surface area contributed by atoms with E-state index in [1.165, 1.54) is 63.5 Å². The van der Waals surface area contributed by atoms with E-state index >= 15 is 0 Å². The molecule has 2 aromatic carbocycles. The summed E-state index contributed by atoms with van der Waals surface area (Å²) in [5.74, 6) is 4.53. The van der Waals surface area contributed by atoms with Crippen molar-refractivity contribution in [1.82, 2.24) is 4.47 Å². The lowest BCUT2D eigenvalue weighted by Gasteiger charge is -2.61. The summed E-state index contributed by atoms with van der Waals surface area (Å²) < 4.78 is 32.8. The van der Waals surface area contributed by atoms with E-state index in [1.807, 2.05) is 0 Å². The number of rotatable bonds is 8. The highest BCUT2D eigenvalue weighted by molar-refractivity contribution is 7.89. The zero-order valence-electron chi connectivity index (χ0n) is 27.8. The first-order chi connectivity index (χ1) is 21.9. The van der Waals surface area contributed by atoms with Gasteiger partial charge in [-0.2, -0.15) is 0 Å². The van der Waals surface area contributed by atoms with Crippen LogP contribution in [0.4, 0.5) is 0 Å². The Bertz CT molecular complexity index is 1550. The molecule has 250 valence electrons. The van der Waals surface area contributed by atoms with Gasteiger partial charge in [-0.3, -0.25) is 0 Å². The first kappa shape index (κ1) is 32.6. The number of esters is 1. The van der Waals surface area contributed by atoms with Crippen molar-refractivity contribution in [3.63, 3.8) is 0 Å². The third kappa shape index (κ3) is 5.27. The molecule has 0 amide bonds. The molecule has 4 aliphatic carbocycles. The number of ether oxygens (including phenoxy) is 1. The summed E-state index contributed by atoms with van der Waals surface area (Å²) in [7, 11) is -3.92. The Morgan fingerprint density at radius 3 is 2.37 bits per heavy atom. The van der Waals surface area contributed by atoms with E-state index in [0.29, 0.717) is 27.9 Å². The summed E-state index contributed by atoms with van der Waals surface area (Å²) in [6.45, 7) is 10.1. The highest BCUT2D eigenvalue weighted by Gasteiger charge is 2.63. The number of fused-ring (bicyclic) bond motifs is 5. The molecule has 0 spiro atoms. The molecule has 5 fully saturated rings. The molecular formula is C38H50ClNO5S. The number of nitrogens with zero attached hydrogens (tertiary/aromatic N) is 1. The largest absolute Gasteiger partial charge is 0.459 e. The molecule has 0 bridgehead atoms. The topological polar surface area (TPSA) is 76.0 Å². The van der Waals surface area contributed by atoms with Crippen LogP contribution in [-0.4, -0.2) is 25.0 Å². The summed E-state index contributed by atoms with van der Waals surface area (Å²) in [5, 5.41) is -1.63. The van der Waals surface area contributed by atoms with Crippen molar-refractivity contribution in [2.24, 2.45) is 46.3 Å². The van der Waals surface area contributed by atoms with E-state index in [-0.39, 0.29) is 17.0 Å². The minimum absolute atomic E-state index is 0.0703. The number of halogens is 1. The minimum Gasteiger partial charge on any atom is -0.459 e. The van der Waals surface area contributed by atoms with Gasteiger partial charge in [-0.25, -0.2) is 18.0 Å². The average molecular weight is 668 g/mol. The van der Waals surface area contributed by atoms with Gasteiger partial charge in [0.2, 0.25) is 0 Å². The van der Waals surface area contributed by atoms with Crippen LogP contribution in [0.25, 0.3) is 0 Å². The van der Waals surface area contributed by atoms with Crippen molar-refractivity contribution in [3.8, 4) is 0 Å². The molecule has 1 aliphatic heterocycles. The number of sulfonamides is 1. The fourth-order valence-corrected chi connectivity index (χ4v) is 12.9. The third-order valence-corrected chi connectivity index (χ3v) is 15.7. The average Bonchev–Trinajstić information content (AvgIpc) is 3.64. The van der Waals surface area contributed by atoms with Gasteiger partial charge in [0.05, 0.1) is 10.5 Å². The van der Waals surface area contributed by atoms with E-state index in [4.69, 9.17) is 21.2 Å². The molecule has 8 heteroatoms. The third-order valence-electron chi connectivity index (χ3n) is 13.5. The van der Waals surface area contributed by atoms with Gasteiger partial charge in [-0.05, 0) is 133 Å². The van der Waals surface area contributed by atoms with Gasteiger partial charge in [-0.15, -0.1) is 0 Å². The summed E-state index contributed by atoms with van der Waals surface area (Å²) in [4.78, 5) is 18.7. The predicted octanol–water partition coefficient (Wildman–Crippen LogP) is 9.29. The molecule has 4 saturated carbocycles. The Labute approximate surface area is 280 Å². The Hall–Kier alpha value is -1.93. The second-order valence-corrected chi connectivity index (χ2v) is 18.0. The van der Waals surface area contributed by atoms with E-state index < -0.39 is 15.2 Å². The molecule has 11 atom stereocenters. The van der Waals surface area contributed by atoms with Crippen molar-refractivity contribution in [2.75, 3.05) is 0 Å².